The number of ether oxygens (including phenoxy) is 1. The summed E-state index contributed by atoms with van der Waals surface area (Å²) in [6.07, 6.45) is 3.51. The molecule has 1 aromatic carbocycles. The van der Waals surface area contributed by atoms with E-state index in [1.165, 1.54) is 0 Å². The van der Waals surface area contributed by atoms with Gasteiger partial charge in [0.1, 0.15) is 17.1 Å². The Hall–Kier alpha value is -1.48. The zero-order valence-corrected chi connectivity index (χ0v) is 7.90. The summed E-state index contributed by atoms with van der Waals surface area (Å²) in [5, 5.41) is 18.6. The normalized spacial score (nSPS) is 24.1. The van der Waals surface area contributed by atoms with Crippen molar-refractivity contribution in [2.75, 3.05) is 6.61 Å². The van der Waals surface area contributed by atoms with Crippen LogP contribution in [0, 0.1) is 0 Å². The second-order valence-electron chi connectivity index (χ2n) is 3.60. The van der Waals surface area contributed by atoms with E-state index < -0.39 is 5.60 Å². The highest BCUT2D eigenvalue weighted by Gasteiger charge is 2.27. The third-order valence-electron chi connectivity index (χ3n) is 2.30. The van der Waals surface area contributed by atoms with E-state index in [4.69, 9.17) is 9.84 Å². The molecule has 0 bridgehead atoms. The summed E-state index contributed by atoms with van der Waals surface area (Å²) < 4.78 is 5.55. The van der Waals surface area contributed by atoms with Gasteiger partial charge in [-0.25, -0.2) is 0 Å². The van der Waals surface area contributed by atoms with Crippen LogP contribution in [0.3, 0.4) is 0 Å². The summed E-state index contributed by atoms with van der Waals surface area (Å²) in [7, 11) is 0. The van der Waals surface area contributed by atoms with Crippen molar-refractivity contribution in [2.24, 2.45) is 0 Å². The molecule has 14 heavy (non-hydrogen) atoms. The van der Waals surface area contributed by atoms with Gasteiger partial charge >= 0.3 is 0 Å². The first-order valence-electron chi connectivity index (χ1n) is 4.46. The molecular weight excluding hydrogens is 180 g/mol. The lowest BCUT2D eigenvalue weighted by Gasteiger charge is -2.29. The lowest BCUT2D eigenvalue weighted by Crippen LogP contribution is -2.35. The molecular formula is C11H12O3. The van der Waals surface area contributed by atoms with Crippen molar-refractivity contribution < 1.29 is 14.9 Å². The third kappa shape index (κ3) is 1.36. The number of aliphatic hydroxyl groups is 1. The minimum atomic E-state index is -0.680. The Morgan fingerprint density at radius 2 is 2.21 bits per heavy atom. The summed E-state index contributed by atoms with van der Waals surface area (Å²) in [4.78, 5) is 0. The molecule has 74 valence electrons. The topological polar surface area (TPSA) is 49.7 Å². The fourth-order valence-electron chi connectivity index (χ4n) is 1.42. The predicted octanol–water partition coefficient (Wildman–Crippen LogP) is 1.55. The van der Waals surface area contributed by atoms with E-state index in [0.29, 0.717) is 11.3 Å². The highest BCUT2D eigenvalue weighted by molar-refractivity contribution is 5.66. The van der Waals surface area contributed by atoms with Gasteiger partial charge in [0.05, 0.1) is 12.2 Å². The Balaban J connectivity index is 2.46. The van der Waals surface area contributed by atoms with E-state index in [2.05, 4.69) is 0 Å². The van der Waals surface area contributed by atoms with Crippen LogP contribution in [-0.2, 0) is 0 Å². The molecule has 1 aromatic rings. The van der Waals surface area contributed by atoms with Crippen molar-refractivity contribution in [1.82, 2.24) is 0 Å². The molecule has 0 amide bonds. The van der Waals surface area contributed by atoms with Crippen LogP contribution in [0.5, 0.6) is 11.5 Å². The molecule has 0 saturated heterocycles. The van der Waals surface area contributed by atoms with Gasteiger partial charge in [0.2, 0.25) is 0 Å². The molecule has 3 nitrogen and oxygen atoms in total. The van der Waals surface area contributed by atoms with Crippen molar-refractivity contribution in [3.8, 4) is 11.5 Å². The third-order valence-corrected chi connectivity index (χ3v) is 2.30. The zero-order valence-electron chi connectivity index (χ0n) is 7.90. The number of phenols is 1. The first-order chi connectivity index (χ1) is 6.64. The van der Waals surface area contributed by atoms with Crippen LogP contribution in [0.15, 0.2) is 24.3 Å². The van der Waals surface area contributed by atoms with Crippen molar-refractivity contribution >= 4 is 6.08 Å². The Morgan fingerprint density at radius 3 is 2.93 bits per heavy atom. The monoisotopic (exact) mass is 192 g/mol. The first kappa shape index (κ1) is 9.09. The molecule has 1 unspecified atom stereocenters. The van der Waals surface area contributed by atoms with Gasteiger partial charge in [0, 0.05) is 0 Å². The molecule has 2 rings (SSSR count). The number of phenolic OH excluding ortho intramolecular Hbond substituents is 1. The minimum Gasteiger partial charge on any atom is -0.507 e. The smallest absolute Gasteiger partial charge is 0.148 e. The minimum absolute atomic E-state index is 0.0847. The molecule has 0 fully saturated rings. The summed E-state index contributed by atoms with van der Waals surface area (Å²) in [5.41, 5.74) is -0.0146. The number of fused-ring (bicyclic) bond motifs is 1. The van der Waals surface area contributed by atoms with Crippen LogP contribution in [0.25, 0.3) is 6.08 Å². The number of aliphatic hydroxyl groups excluding tert-OH is 1. The maximum absolute atomic E-state index is 9.51. The van der Waals surface area contributed by atoms with Gasteiger partial charge in [-0.2, -0.15) is 0 Å². The number of benzene rings is 1. The van der Waals surface area contributed by atoms with Gasteiger partial charge in [-0.15, -0.1) is 0 Å². The summed E-state index contributed by atoms with van der Waals surface area (Å²) in [5.74, 6) is 0.794. The van der Waals surface area contributed by atoms with Crippen molar-refractivity contribution in [3.63, 3.8) is 0 Å². The van der Waals surface area contributed by atoms with Crippen molar-refractivity contribution in [3.05, 3.63) is 29.8 Å². The molecule has 0 aliphatic carbocycles. The lowest BCUT2D eigenvalue weighted by atomic mass is 10.0. The summed E-state index contributed by atoms with van der Waals surface area (Å²) >= 11 is 0. The second kappa shape index (κ2) is 3.03. The van der Waals surface area contributed by atoms with Crippen LogP contribution in [-0.4, -0.2) is 22.4 Å². The largest absolute Gasteiger partial charge is 0.507 e. The van der Waals surface area contributed by atoms with E-state index in [9.17, 15) is 5.11 Å². The van der Waals surface area contributed by atoms with Gasteiger partial charge in [-0.1, -0.05) is 6.07 Å². The van der Waals surface area contributed by atoms with Crippen LogP contribution in [0.1, 0.15) is 12.5 Å². The first-order valence-corrected chi connectivity index (χ1v) is 4.46. The Morgan fingerprint density at radius 1 is 1.43 bits per heavy atom. The molecule has 1 aliphatic rings. The molecule has 1 atom stereocenters. The average Bonchev–Trinajstić information content (AvgIpc) is 2.18. The van der Waals surface area contributed by atoms with E-state index in [0.717, 1.165) is 0 Å². The quantitative estimate of drug-likeness (QED) is 0.709. The van der Waals surface area contributed by atoms with E-state index in [-0.39, 0.29) is 12.4 Å². The highest BCUT2D eigenvalue weighted by atomic mass is 16.5. The molecule has 0 saturated carbocycles. The average molecular weight is 192 g/mol. The Kier molecular flexibility index (Phi) is 1.97. The van der Waals surface area contributed by atoms with Crippen LogP contribution >= 0.6 is 0 Å². The highest BCUT2D eigenvalue weighted by Crippen LogP contribution is 2.35. The van der Waals surface area contributed by atoms with E-state index in [1.54, 1.807) is 37.3 Å². The zero-order chi connectivity index (χ0) is 10.2. The van der Waals surface area contributed by atoms with Crippen LogP contribution < -0.4 is 4.74 Å². The molecule has 1 aliphatic heterocycles. The second-order valence-corrected chi connectivity index (χ2v) is 3.60. The maximum atomic E-state index is 9.51. The van der Waals surface area contributed by atoms with Crippen molar-refractivity contribution in [2.45, 2.75) is 12.5 Å². The lowest BCUT2D eigenvalue weighted by molar-refractivity contribution is 0.0638. The summed E-state index contributed by atoms with van der Waals surface area (Å²) in [6, 6.07) is 5.09. The molecule has 0 spiro atoms. The fourth-order valence-corrected chi connectivity index (χ4v) is 1.42. The molecule has 2 N–H and O–H groups in total. The number of rotatable bonds is 1. The molecule has 0 aromatic heterocycles. The predicted molar refractivity (Wildman–Crippen MR) is 53.3 cm³/mol. The SMILES string of the molecule is CC1(CO)C=Cc2c(O)cccc2O1. The van der Waals surface area contributed by atoms with Crippen LogP contribution in [0.4, 0.5) is 0 Å². The molecule has 0 radical (unpaired) electrons. The van der Waals surface area contributed by atoms with E-state index in [1.807, 2.05) is 0 Å². The van der Waals surface area contributed by atoms with Gasteiger partial charge in [0.25, 0.3) is 0 Å². The number of hydrogen-bond acceptors (Lipinski definition) is 3. The fraction of sp³-hybridized carbons (Fsp3) is 0.273. The van der Waals surface area contributed by atoms with Gasteiger partial charge in [-0.3, -0.25) is 0 Å². The van der Waals surface area contributed by atoms with E-state index >= 15 is 0 Å². The molecule has 3 heteroatoms. The molecule has 1 heterocycles. The maximum Gasteiger partial charge on any atom is 0.148 e. The van der Waals surface area contributed by atoms with Gasteiger partial charge < -0.3 is 14.9 Å². The summed E-state index contributed by atoms with van der Waals surface area (Å²) in [6.45, 7) is 1.70. The number of hydrogen-bond donors (Lipinski definition) is 2. The Labute approximate surface area is 82.3 Å². The Bertz CT molecular complexity index is 384. The number of aromatic hydroxyl groups is 1. The van der Waals surface area contributed by atoms with Crippen LogP contribution in [0.2, 0.25) is 0 Å². The standard InChI is InChI=1S/C11H12O3/c1-11(7-12)6-5-8-9(13)3-2-4-10(8)14-11/h2-6,12-13H,7H2,1H3. The van der Waals surface area contributed by atoms with Crippen molar-refractivity contribution in [1.29, 1.82) is 0 Å². The van der Waals surface area contributed by atoms with Gasteiger partial charge in [0.15, 0.2) is 0 Å². The van der Waals surface area contributed by atoms with Gasteiger partial charge in [-0.05, 0) is 31.2 Å².